The predicted octanol–water partition coefficient (Wildman–Crippen LogP) is 1.54. The van der Waals surface area contributed by atoms with Crippen LogP contribution in [0.25, 0.3) is 0 Å². The van der Waals surface area contributed by atoms with Gasteiger partial charge < -0.3 is 4.90 Å². The summed E-state index contributed by atoms with van der Waals surface area (Å²) in [6.07, 6.45) is 1.89. The molecule has 0 spiro atoms. The first kappa shape index (κ1) is 13.5. The Bertz CT molecular complexity index is 414. The number of nitrogens with zero attached hydrogens (tertiary/aromatic N) is 4. The molecule has 17 heavy (non-hydrogen) atoms. The summed E-state index contributed by atoms with van der Waals surface area (Å²) < 4.78 is 0. The maximum absolute atomic E-state index is 8.64. The molecule has 1 aromatic heterocycles. The Morgan fingerprint density at radius 2 is 2.35 bits per heavy atom. The average molecular weight is 255 g/mol. The van der Waals surface area contributed by atoms with Gasteiger partial charge in [-0.3, -0.25) is 5.43 Å². The zero-order valence-electron chi connectivity index (χ0n) is 9.81. The van der Waals surface area contributed by atoms with Crippen molar-refractivity contribution in [1.82, 2.24) is 9.97 Å². The fourth-order valence-corrected chi connectivity index (χ4v) is 1.61. The van der Waals surface area contributed by atoms with Gasteiger partial charge >= 0.3 is 0 Å². The second kappa shape index (κ2) is 6.23. The largest absolute Gasteiger partial charge is 0.352 e. The van der Waals surface area contributed by atoms with Crippen molar-refractivity contribution in [3.63, 3.8) is 0 Å². The molecule has 0 radical (unpaired) electrons. The molecule has 6 nitrogen and oxygen atoms in total. The van der Waals surface area contributed by atoms with Crippen LogP contribution in [0.4, 0.5) is 11.8 Å². The second-order valence-corrected chi connectivity index (χ2v) is 4.11. The molecule has 0 saturated carbocycles. The molecule has 0 atom stereocenters. The Labute approximate surface area is 105 Å². The van der Waals surface area contributed by atoms with Crippen molar-refractivity contribution in [2.75, 3.05) is 16.9 Å². The maximum Gasteiger partial charge on any atom is 0.239 e. The summed E-state index contributed by atoms with van der Waals surface area (Å²) in [5.74, 6) is 6.14. The van der Waals surface area contributed by atoms with E-state index < -0.39 is 0 Å². The number of hydrogen-bond acceptors (Lipinski definition) is 6. The Hall–Kier alpha value is -1.58. The number of nitriles is 1. The lowest BCUT2D eigenvalue weighted by molar-refractivity contribution is 0.676. The van der Waals surface area contributed by atoms with E-state index in [-0.39, 0.29) is 6.04 Å². The topological polar surface area (TPSA) is 90.9 Å². The van der Waals surface area contributed by atoms with E-state index in [1.807, 2.05) is 18.7 Å². The molecule has 1 rings (SSSR count). The van der Waals surface area contributed by atoms with E-state index in [0.717, 1.165) is 0 Å². The Morgan fingerprint density at radius 1 is 1.65 bits per heavy atom. The highest BCUT2D eigenvalue weighted by Crippen LogP contribution is 2.25. The maximum atomic E-state index is 8.64. The number of nitrogens with two attached hydrogens (primary N) is 1. The van der Waals surface area contributed by atoms with Crippen LogP contribution in [0.3, 0.4) is 0 Å². The molecule has 0 bridgehead atoms. The van der Waals surface area contributed by atoms with Gasteiger partial charge in [0, 0.05) is 12.6 Å². The van der Waals surface area contributed by atoms with E-state index in [9.17, 15) is 0 Å². The first-order chi connectivity index (χ1) is 8.10. The number of aromatic nitrogens is 2. The van der Waals surface area contributed by atoms with Crippen LogP contribution in [0.15, 0.2) is 6.20 Å². The lowest BCUT2D eigenvalue weighted by Crippen LogP contribution is -2.33. The van der Waals surface area contributed by atoms with Gasteiger partial charge in [-0.2, -0.15) is 10.2 Å². The molecule has 1 heterocycles. The molecule has 0 unspecified atom stereocenters. The SMILES string of the molecule is CC(C)N(CCC#N)c1nc(NN)ncc1Cl. The van der Waals surface area contributed by atoms with Gasteiger partial charge in [0.25, 0.3) is 0 Å². The summed E-state index contributed by atoms with van der Waals surface area (Å²) >= 11 is 6.05. The normalized spacial score (nSPS) is 10.1. The summed E-state index contributed by atoms with van der Waals surface area (Å²) in [4.78, 5) is 10.0. The molecule has 7 heteroatoms. The minimum absolute atomic E-state index is 0.182. The monoisotopic (exact) mass is 254 g/mol. The molecule has 1 aromatic rings. The zero-order valence-corrected chi connectivity index (χ0v) is 10.6. The van der Waals surface area contributed by atoms with Crippen LogP contribution in [0, 0.1) is 11.3 Å². The number of hydrogen-bond donors (Lipinski definition) is 2. The lowest BCUT2D eigenvalue weighted by Gasteiger charge is -2.27. The van der Waals surface area contributed by atoms with Gasteiger partial charge in [-0.05, 0) is 13.8 Å². The fourth-order valence-electron chi connectivity index (χ4n) is 1.41. The minimum atomic E-state index is 0.182. The smallest absolute Gasteiger partial charge is 0.239 e. The van der Waals surface area contributed by atoms with Crippen LogP contribution in [0.5, 0.6) is 0 Å². The van der Waals surface area contributed by atoms with Gasteiger partial charge in [0.05, 0.1) is 18.7 Å². The van der Waals surface area contributed by atoms with E-state index in [2.05, 4.69) is 21.5 Å². The zero-order chi connectivity index (χ0) is 12.8. The lowest BCUT2D eigenvalue weighted by atomic mass is 10.3. The summed E-state index contributed by atoms with van der Waals surface area (Å²) in [7, 11) is 0. The number of halogens is 1. The van der Waals surface area contributed by atoms with Crippen LogP contribution in [0.2, 0.25) is 5.02 Å². The van der Waals surface area contributed by atoms with Crippen LogP contribution in [-0.4, -0.2) is 22.6 Å². The highest BCUT2D eigenvalue weighted by molar-refractivity contribution is 6.32. The highest BCUT2D eigenvalue weighted by Gasteiger charge is 2.16. The van der Waals surface area contributed by atoms with Crippen molar-refractivity contribution in [3.05, 3.63) is 11.2 Å². The summed E-state index contributed by atoms with van der Waals surface area (Å²) in [5, 5.41) is 9.08. The molecule has 0 saturated heterocycles. The molecular weight excluding hydrogens is 240 g/mol. The van der Waals surface area contributed by atoms with Crippen molar-refractivity contribution in [1.29, 1.82) is 5.26 Å². The third kappa shape index (κ3) is 3.44. The quantitative estimate of drug-likeness (QED) is 0.612. The number of anilines is 2. The molecule has 0 aliphatic rings. The summed E-state index contributed by atoms with van der Waals surface area (Å²) in [6, 6.07) is 2.28. The minimum Gasteiger partial charge on any atom is -0.352 e. The number of rotatable bonds is 5. The number of nitrogens with one attached hydrogen (secondary N) is 1. The number of nitrogen functional groups attached to an aromatic ring is 1. The number of hydrazine groups is 1. The second-order valence-electron chi connectivity index (χ2n) is 3.70. The highest BCUT2D eigenvalue weighted by atomic mass is 35.5. The van der Waals surface area contributed by atoms with Crippen molar-refractivity contribution in [2.45, 2.75) is 26.3 Å². The standard InChI is InChI=1S/C10H15ClN6/c1-7(2)17(5-3-4-12)9-8(11)6-14-10(15-9)16-13/h6-7H,3,5,13H2,1-2H3,(H,14,15,16). The van der Waals surface area contributed by atoms with Gasteiger partial charge in [-0.15, -0.1) is 0 Å². The Morgan fingerprint density at radius 3 is 2.88 bits per heavy atom. The van der Waals surface area contributed by atoms with Gasteiger partial charge in [0.15, 0.2) is 5.82 Å². The molecule has 92 valence electrons. The third-order valence-electron chi connectivity index (χ3n) is 2.21. The molecular formula is C10H15ClN6. The van der Waals surface area contributed by atoms with Gasteiger partial charge in [-0.1, -0.05) is 11.6 Å². The molecule has 0 aliphatic heterocycles. The van der Waals surface area contributed by atoms with Gasteiger partial charge in [0.2, 0.25) is 5.95 Å². The molecule has 0 fully saturated rings. The van der Waals surface area contributed by atoms with Crippen molar-refractivity contribution < 1.29 is 0 Å². The van der Waals surface area contributed by atoms with E-state index in [1.54, 1.807) is 0 Å². The first-order valence-electron chi connectivity index (χ1n) is 5.23. The van der Waals surface area contributed by atoms with Gasteiger partial charge in [-0.25, -0.2) is 10.8 Å². The predicted molar refractivity (Wildman–Crippen MR) is 67.6 cm³/mol. The van der Waals surface area contributed by atoms with Crippen molar-refractivity contribution >= 4 is 23.4 Å². The molecule has 3 N–H and O–H groups in total. The van der Waals surface area contributed by atoms with Crippen LogP contribution >= 0.6 is 11.6 Å². The van der Waals surface area contributed by atoms with Crippen molar-refractivity contribution in [2.24, 2.45) is 5.84 Å². The average Bonchev–Trinajstić information content (AvgIpc) is 2.31. The molecule has 0 amide bonds. The Balaban J connectivity index is 3.04. The molecule has 0 aliphatic carbocycles. The van der Waals surface area contributed by atoms with Crippen molar-refractivity contribution in [3.8, 4) is 6.07 Å². The van der Waals surface area contributed by atoms with Gasteiger partial charge in [0.1, 0.15) is 5.02 Å². The fraction of sp³-hybridized carbons (Fsp3) is 0.500. The molecule has 0 aromatic carbocycles. The van der Waals surface area contributed by atoms with E-state index in [1.165, 1.54) is 6.20 Å². The van der Waals surface area contributed by atoms with E-state index in [4.69, 9.17) is 22.7 Å². The summed E-state index contributed by atoms with van der Waals surface area (Å²) in [5.41, 5.74) is 2.37. The first-order valence-corrected chi connectivity index (χ1v) is 5.60. The third-order valence-corrected chi connectivity index (χ3v) is 2.48. The van der Waals surface area contributed by atoms with Crippen LogP contribution < -0.4 is 16.2 Å². The Kier molecular flexibility index (Phi) is 4.94. The van der Waals surface area contributed by atoms with Crippen LogP contribution in [0.1, 0.15) is 20.3 Å². The van der Waals surface area contributed by atoms with E-state index in [0.29, 0.717) is 29.8 Å². The van der Waals surface area contributed by atoms with Crippen LogP contribution in [-0.2, 0) is 0 Å². The van der Waals surface area contributed by atoms with E-state index >= 15 is 0 Å². The summed E-state index contributed by atoms with van der Waals surface area (Å²) in [6.45, 7) is 4.58.